The maximum absolute atomic E-state index is 9.43. The van der Waals surface area contributed by atoms with Crippen molar-refractivity contribution in [3.63, 3.8) is 0 Å². The minimum Gasteiger partial charge on any atom is -0.396 e. The van der Waals surface area contributed by atoms with E-state index in [2.05, 4.69) is 57.1 Å². The summed E-state index contributed by atoms with van der Waals surface area (Å²) in [7, 11) is 2.15. The van der Waals surface area contributed by atoms with Crippen LogP contribution >= 0.6 is 0 Å². The van der Waals surface area contributed by atoms with E-state index in [9.17, 15) is 5.11 Å². The molecule has 6 heteroatoms. The average Bonchev–Trinajstić information content (AvgIpc) is 2.92. The Labute approximate surface area is 180 Å². The van der Waals surface area contributed by atoms with Gasteiger partial charge < -0.3 is 10.0 Å². The van der Waals surface area contributed by atoms with Crippen LogP contribution in [-0.2, 0) is 0 Å². The van der Waals surface area contributed by atoms with Gasteiger partial charge in [0.2, 0.25) is 0 Å². The fraction of sp³-hybridized carbons (Fsp3) is 0.500. The lowest BCUT2D eigenvalue weighted by molar-refractivity contribution is 0.244. The van der Waals surface area contributed by atoms with Crippen LogP contribution in [0.2, 0.25) is 0 Å². The third-order valence-corrected chi connectivity index (χ3v) is 6.66. The number of fused-ring (bicyclic) bond motifs is 1. The quantitative estimate of drug-likeness (QED) is 0.680. The third-order valence-electron chi connectivity index (χ3n) is 6.66. The van der Waals surface area contributed by atoms with Crippen molar-refractivity contribution in [3.05, 3.63) is 40.3 Å². The zero-order valence-corrected chi connectivity index (χ0v) is 19.2. The molecule has 1 atom stereocenters. The predicted octanol–water partition coefficient (Wildman–Crippen LogP) is 2.82. The molecule has 158 valence electrons. The first kappa shape index (κ1) is 20.9. The highest BCUT2D eigenvalue weighted by Crippen LogP contribution is 2.36. The number of rotatable bonds is 4. The molecule has 1 unspecified atom stereocenters. The molecular weight excluding hydrogens is 371 g/mol. The Morgan fingerprint density at radius 1 is 1.10 bits per heavy atom. The van der Waals surface area contributed by atoms with Gasteiger partial charge in [-0.15, -0.1) is 0 Å². The highest BCUT2D eigenvalue weighted by atomic mass is 16.3. The van der Waals surface area contributed by atoms with E-state index in [0.717, 1.165) is 43.2 Å². The molecule has 1 saturated heterocycles. The van der Waals surface area contributed by atoms with Crippen LogP contribution < -0.4 is 10.4 Å². The van der Waals surface area contributed by atoms with Crippen molar-refractivity contribution in [2.45, 2.75) is 53.9 Å². The molecule has 0 spiro atoms. The predicted molar refractivity (Wildman–Crippen MR) is 127 cm³/mol. The molecule has 0 aliphatic carbocycles. The second kappa shape index (κ2) is 8.07. The van der Waals surface area contributed by atoms with Crippen LogP contribution in [-0.4, -0.2) is 47.2 Å². The zero-order valence-electron chi connectivity index (χ0n) is 19.2. The number of piperidine rings is 1. The molecule has 1 fully saturated rings. The second-order valence-corrected chi connectivity index (χ2v) is 9.05. The smallest absolute Gasteiger partial charge is 0.150 e. The Bertz CT molecular complexity index is 1080. The molecule has 3 heterocycles. The summed E-state index contributed by atoms with van der Waals surface area (Å²) in [5, 5.41) is 10.6. The van der Waals surface area contributed by atoms with Crippen LogP contribution in [0.5, 0.6) is 0 Å². The fourth-order valence-electron chi connectivity index (χ4n) is 5.25. The van der Waals surface area contributed by atoms with Gasteiger partial charge in [-0.3, -0.25) is 4.57 Å². The number of anilines is 1. The Hall–Kier alpha value is -2.34. The topological polar surface area (TPSA) is 54.2 Å². The number of aryl methyl sites for hydroxylation is 4. The zero-order chi connectivity index (χ0) is 21.6. The third kappa shape index (κ3) is 3.51. The summed E-state index contributed by atoms with van der Waals surface area (Å²) in [5.74, 6) is 2.39. The largest absolute Gasteiger partial charge is 0.396 e. The normalized spacial score (nSPS) is 17.1. The SMILES string of the molecule is Bc1cc(C)c(-n2c(C)c(C)c3c(N4CCCC(CCO)C4)nc(C)nc32)c(C)c1. The molecule has 0 bridgehead atoms. The molecule has 4 rings (SSSR count). The molecule has 3 aromatic rings. The van der Waals surface area contributed by atoms with Crippen LogP contribution in [0, 0.1) is 40.5 Å². The van der Waals surface area contributed by atoms with Gasteiger partial charge in [0.05, 0.1) is 11.1 Å². The molecule has 1 aromatic carbocycles. The van der Waals surface area contributed by atoms with Crippen molar-refractivity contribution in [1.29, 1.82) is 0 Å². The van der Waals surface area contributed by atoms with Crippen molar-refractivity contribution in [3.8, 4) is 5.69 Å². The van der Waals surface area contributed by atoms with E-state index in [1.165, 1.54) is 45.3 Å². The monoisotopic (exact) mass is 404 g/mol. The van der Waals surface area contributed by atoms with Gasteiger partial charge in [0.15, 0.2) is 5.65 Å². The lowest BCUT2D eigenvalue weighted by Crippen LogP contribution is -2.36. The van der Waals surface area contributed by atoms with E-state index < -0.39 is 0 Å². The van der Waals surface area contributed by atoms with Gasteiger partial charge in [0, 0.05) is 25.4 Å². The van der Waals surface area contributed by atoms with Crippen LogP contribution in [0.1, 0.15) is 47.5 Å². The number of benzene rings is 1. The first-order chi connectivity index (χ1) is 14.3. The number of hydrogen-bond acceptors (Lipinski definition) is 4. The molecule has 5 nitrogen and oxygen atoms in total. The maximum atomic E-state index is 9.43. The molecule has 1 aliphatic heterocycles. The molecular formula is C24H33BN4O. The van der Waals surface area contributed by atoms with Gasteiger partial charge in [-0.2, -0.15) is 0 Å². The van der Waals surface area contributed by atoms with E-state index in [1.54, 1.807) is 0 Å². The van der Waals surface area contributed by atoms with Gasteiger partial charge in [-0.1, -0.05) is 17.6 Å². The van der Waals surface area contributed by atoms with Crippen molar-refractivity contribution in [2.24, 2.45) is 5.92 Å². The van der Waals surface area contributed by atoms with Crippen molar-refractivity contribution in [2.75, 3.05) is 24.6 Å². The maximum Gasteiger partial charge on any atom is 0.150 e. The van der Waals surface area contributed by atoms with Crippen LogP contribution in [0.4, 0.5) is 5.82 Å². The minimum atomic E-state index is 0.261. The number of aliphatic hydroxyl groups is 1. The van der Waals surface area contributed by atoms with Crippen molar-refractivity contribution in [1.82, 2.24) is 14.5 Å². The fourth-order valence-corrected chi connectivity index (χ4v) is 5.25. The summed E-state index contributed by atoms with van der Waals surface area (Å²) in [6.45, 7) is 13.0. The number of aromatic nitrogens is 3. The number of hydrogen-bond donors (Lipinski definition) is 1. The van der Waals surface area contributed by atoms with E-state index in [-0.39, 0.29) is 6.61 Å². The standard InChI is InChI=1S/C24H33BN4O/c1-14-11-20(25)12-15(2)22(14)29-17(4)16(3)21-23(26-18(5)27-24(21)29)28-9-6-7-19(13-28)8-10-30/h11-12,19,30H,6-10,13,25H2,1-5H3. The lowest BCUT2D eigenvalue weighted by Gasteiger charge is -2.34. The Morgan fingerprint density at radius 2 is 1.80 bits per heavy atom. The summed E-state index contributed by atoms with van der Waals surface area (Å²) in [5.41, 5.74) is 8.55. The van der Waals surface area contributed by atoms with Crippen molar-refractivity contribution >= 4 is 30.2 Å². The second-order valence-electron chi connectivity index (χ2n) is 9.05. The van der Waals surface area contributed by atoms with Gasteiger partial charge in [-0.25, -0.2) is 9.97 Å². The van der Waals surface area contributed by atoms with Gasteiger partial charge in [-0.05, 0) is 76.5 Å². The molecule has 0 radical (unpaired) electrons. The average molecular weight is 404 g/mol. The number of nitrogens with zero attached hydrogens (tertiary/aromatic N) is 4. The minimum absolute atomic E-state index is 0.261. The first-order valence-electron chi connectivity index (χ1n) is 11.1. The van der Waals surface area contributed by atoms with E-state index in [0.29, 0.717) is 5.92 Å². The van der Waals surface area contributed by atoms with E-state index in [4.69, 9.17) is 9.97 Å². The molecule has 0 saturated carbocycles. The Balaban J connectivity index is 1.94. The van der Waals surface area contributed by atoms with E-state index >= 15 is 0 Å². The lowest BCUT2D eigenvalue weighted by atomic mass is 9.91. The van der Waals surface area contributed by atoms with Crippen LogP contribution in [0.3, 0.4) is 0 Å². The molecule has 1 aliphatic rings. The highest BCUT2D eigenvalue weighted by molar-refractivity contribution is 6.32. The molecule has 2 aromatic heterocycles. The summed E-state index contributed by atoms with van der Waals surface area (Å²) < 4.78 is 2.34. The molecule has 30 heavy (non-hydrogen) atoms. The first-order valence-corrected chi connectivity index (χ1v) is 11.1. The van der Waals surface area contributed by atoms with Crippen LogP contribution in [0.15, 0.2) is 12.1 Å². The number of aliphatic hydroxyl groups excluding tert-OH is 1. The highest BCUT2D eigenvalue weighted by Gasteiger charge is 2.26. The summed E-state index contributed by atoms with van der Waals surface area (Å²) >= 11 is 0. The van der Waals surface area contributed by atoms with Gasteiger partial charge in [0.1, 0.15) is 19.5 Å². The summed E-state index contributed by atoms with van der Waals surface area (Å²) in [4.78, 5) is 12.3. The van der Waals surface area contributed by atoms with Crippen molar-refractivity contribution < 1.29 is 5.11 Å². The molecule has 0 amide bonds. The molecule has 1 N–H and O–H groups in total. The summed E-state index contributed by atoms with van der Waals surface area (Å²) in [6.07, 6.45) is 3.19. The Kier molecular flexibility index (Phi) is 5.62. The summed E-state index contributed by atoms with van der Waals surface area (Å²) in [6, 6.07) is 4.50. The van der Waals surface area contributed by atoms with E-state index in [1.807, 2.05) is 6.92 Å². The van der Waals surface area contributed by atoms with Gasteiger partial charge in [0.25, 0.3) is 0 Å². The Morgan fingerprint density at radius 3 is 2.47 bits per heavy atom. The van der Waals surface area contributed by atoms with Crippen LogP contribution in [0.25, 0.3) is 16.7 Å². The van der Waals surface area contributed by atoms with Gasteiger partial charge >= 0.3 is 0 Å².